The molecule has 1 amide bonds. The second kappa shape index (κ2) is 7.06. The highest BCUT2D eigenvalue weighted by Crippen LogP contribution is 2.23. The molecule has 0 spiro atoms. The largest absolute Gasteiger partial charge is 0.423 e. The van der Waals surface area contributed by atoms with Crippen LogP contribution in [0.1, 0.15) is 18.4 Å². The summed E-state index contributed by atoms with van der Waals surface area (Å²) in [5, 5.41) is 9.32. The molecule has 0 bridgehead atoms. The average molecular weight is 313 g/mol. The molecular weight excluding hydrogens is 299 g/mol. The predicted octanol–water partition coefficient (Wildman–Crippen LogP) is 2.56. The van der Waals surface area contributed by atoms with Crippen LogP contribution < -0.4 is 5.32 Å². The molecular formula is C14H14F3N3O2. The van der Waals surface area contributed by atoms with Crippen molar-refractivity contribution in [2.75, 3.05) is 6.67 Å². The van der Waals surface area contributed by atoms with Gasteiger partial charge in [-0.05, 0) is 17.7 Å². The zero-order valence-electron chi connectivity index (χ0n) is 11.7. The van der Waals surface area contributed by atoms with E-state index >= 15 is 0 Å². The second-order valence-electron chi connectivity index (χ2n) is 4.72. The minimum atomic E-state index is -3.17. The summed E-state index contributed by atoms with van der Waals surface area (Å²) < 4.78 is 42.6. The third-order valence-corrected chi connectivity index (χ3v) is 3.34. The number of nitrogens with zero attached hydrogens (tertiary/aromatic N) is 2. The average Bonchev–Trinajstić information content (AvgIpc) is 3.06. The Hall–Kier alpha value is -2.38. The molecule has 2 atom stereocenters. The summed E-state index contributed by atoms with van der Waals surface area (Å²) in [5.74, 6) is -1.60. The maximum absolute atomic E-state index is 13.0. The summed E-state index contributed by atoms with van der Waals surface area (Å²) in [6.45, 7) is 0.711. The monoisotopic (exact) mass is 313 g/mol. The number of benzene rings is 1. The summed E-state index contributed by atoms with van der Waals surface area (Å²) in [5.41, 5.74) is 1.38. The van der Waals surface area contributed by atoms with Crippen molar-refractivity contribution in [3.63, 3.8) is 0 Å². The van der Waals surface area contributed by atoms with E-state index < -0.39 is 31.0 Å². The Balaban J connectivity index is 2.10. The van der Waals surface area contributed by atoms with Crippen LogP contribution in [-0.2, 0) is 4.79 Å². The number of aromatic nitrogens is 2. The van der Waals surface area contributed by atoms with E-state index in [0.717, 1.165) is 0 Å². The summed E-state index contributed by atoms with van der Waals surface area (Å²) >= 11 is 0. The molecule has 1 aromatic heterocycles. The third-order valence-electron chi connectivity index (χ3n) is 3.34. The Labute approximate surface area is 124 Å². The summed E-state index contributed by atoms with van der Waals surface area (Å²) in [6.07, 6.45) is -1.97. The zero-order valence-corrected chi connectivity index (χ0v) is 11.7. The van der Waals surface area contributed by atoms with E-state index in [2.05, 4.69) is 10.2 Å². The van der Waals surface area contributed by atoms with Gasteiger partial charge in [-0.25, -0.2) is 4.39 Å². The van der Waals surface area contributed by atoms with Crippen molar-refractivity contribution in [3.05, 3.63) is 36.2 Å². The third kappa shape index (κ3) is 3.63. The molecule has 22 heavy (non-hydrogen) atoms. The van der Waals surface area contributed by atoms with E-state index in [1.165, 1.54) is 6.39 Å². The van der Waals surface area contributed by atoms with Gasteiger partial charge >= 0.3 is 6.43 Å². The first-order chi connectivity index (χ1) is 10.5. The number of hydrogen-bond donors (Lipinski definition) is 1. The SMILES string of the molecule is C[C@H](c1ccc(-c2nnco2)cc1)[C@@H](CF)NC(=O)C(F)F. The zero-order chi connectivity index (χ0) is 16.1. The first-order valence-corrected chi connectivity index (χ1v) is 6.54. The molecule has 8 heteroatoms. The van der Waals surface area contributed by atoms with Gasteiger partial charge in [0.15, 0.2) is 0 Å². The van der Waals surface area contributed by atoms with Crippen LogP contribution in [0.3, 0.4) is 0 Å². The molecule has 2 aromatic rings. The maximum atomic E-state index is 13.0. The van der Waals surface area contributed by atoms with E-state index in [4.69, 9.17) is 4.42 Å². The van der Waals surface area contributed by atoms with Crippen molar-refractivity contribution in [3.8, 4) is 11.5 Å². The van der Waals surface area contributed by atoms with Crippen LogP contribution in [-0.4, -0.2) is 35.2 Å². The molecule has 5 nitrogen and oxygen atoms in total. The minimum Gasteiger partial charge on any atom is -0.423 e. The number of carbonyl (C=O) groups excluding carboxylic acids is 1. The summed E-state index contributed by atoms with van der Waals surface area (Å²) in [7, 11) is 0. The molecule has 0 aliphatic heterocycles. The number of halogens is 3. The standard InChI is InChI=1S/C14H14F3N3O2/c1-8(11(6-15)19-13(21)12(16)17)9-2-4-10(5-3-9)14-20-18-7-22-14/h2-5,7-8,11-12H,6H2,1H3,(H,19,21)/t8-,11-/m1/s1. The van der Waals surface area contributed by atoms with E-state index in [0.29, 0.717) is 17.0 Å². The number of alkyl halides is 3. The molecule has 0 unspecified atom stereocenters. The lowest BCUT2D eigenvalue weighted by Crippen LogP contribution is -2.42. The van der Waals surface area contributed by atoms with Crippen molar-refractivity contribution in [1.82, 2.24) is 15.5 Å². The molecule has 1 heterocycles. The van der Waals surface area contributed by atoms with Crippen LogP contribution in [0.25, 0.3) is 11.5 Å². The Morgan fingerprint density at radius 2 is 2.00 bits per heavy atom. The lowest BCUT2D eigenvalue weighted by atomic mass is 9.93. The van der Waals surface area contributed by atoms with Gasteiger partial charge in [-0.2, -0.15) is 8.78 Å². The van der Waals surface area contributed by atoms with Crippen molar-refractivity contribution >= 4 is 5.91 Å². The highest BCUT2D eigenvalue weighted by atomic mass is 19.3. The topological polar surface area (TPSA) is 68.0 Å². The Bertz CT molecular complexity index is 602. The van der Waals surface area contributed by atoms with Crippen molar-refractivity contribution < 1.29 is 22.4 Å². The van der Waals surface area contributed by atoms with Crippen LogP contribution in [0.2, 0.25) is 0 Å². The smallest absolute Gasteiger partial charge is 0.315 e. The van der Waals surface area contributed by atoms with Crippen LogP contribution in [0.4, 0.5) is 13.2 Å². The molecule has 0 aliphatic carbocycles. The molecule has 1 N–H and O–H groups in total. The Morgan fingerprint density at radius 3 is 2.50 bits per heavy atom. The molecule has 1 aromatic carbocycles. The van der Waals surface area contributed by atoms with Gasteiger partial charge in [-0.3, -0.25) is 4.79 Å². The number of nitrogens with one attached hydrogen (secondary N) is 1. The van der Waals surface area contributed by atoms with Crippen molar-refractivity contribution in [2.24, 2.45) is 0 Å². The first-order valence-electron chi connectivity index (χ1n) is 6.54. The van der Waals surface area contributed by atoms with Crippen LogP contribution >= 0.6 is 0 Å². The molecule has 0 radical (unpaired) electrons. The van der Waals surface area contributed by atoms with Gasteiger partial charge in [0, 0.05) is 11.5 Å². The highest BCUT2D eigenvalue weighted by Gasteiger charge is 2.25. The number of carbonyl (C=O) groups is 1. The second-order valence-corrected chi connectivity index (χ2v) is 4.72. The highest BCUT2D eigenvalue weighted by molar-refractivity contribution is 5.79. The van der Waals surface area contributed by atoms with Gasteiger partial charge < -0.3 is 9.73 Å². The van der Waals surface area contributed by atoms with Crippen molar-refractivity contribution in [1.29, 1.82) is 0 Å². The molecule has 0 saturated carbocycles. The predicted molar refractivity (Wildman–Crippen MR) is 72.1 cm³/mol. The van der Waals surface area contributed by atoms with Gasteiger partial charge in [-0.1, -0.05) is 19.1 Å². The summed E-state index contributed by atoms with van der Waals surface area (Å²) in [4.78, 5) is 11.0. The normalized spacial score (nSPS) is 13.9. The molecule has 2 rings (SSSR count). The molecule has 118 valence electrons. The fraction of sp³-hybridized carbons (Fsp3) is 0.357. The number of hydrogen-bond acceptors (Lipinski definition) is 4. The molecule has 0 fully saturated rings. The van der Waals surface area contributed by atoms with E-state index in [-0.39, 0.29) is 0 Å². The number of amides is 1. The molecule has 0 aliphatic rings. The van der Waals surface area contributed by atoms with E-state index in [1.54, 1.807) is 31.2 Å². The number of rotatable bonds is 6. The van der Waals surface area contributed by atoms with Gasteiger partial charge in [0.25, 0.3) is 5.91 Å². The Morgan fingerprint density at radius 1 is 1.32 bits per heavy atom. The Kier molecular flexibility index (Phi) is 5.13. The first kappa shape index (κ1) is 16.0. The van der Waals surface area contributed by atoms with Gasteiger partial charge in [0.05, 0.1) is 6.04 Å². The van der Waals surface area contributed by atoms with E-state index in [9.17, 15) is 18.0 Å². The van der Waals surface area contributed by atoms with Crippen LogP contribution in [0.5, 0.6) is 0 Å². The van der Waals surface area contributed by atoms with Crippen LogP contribution in [0.15, 0.2) is 35.1 Å². The van der Waals surface area contributed by atoms with Gasteiger partial charge in [-0.15, -0.1) is 10.2 Å². The minimum absolute atomic E-state index is 0.340. The summed E-state index contributed by atoms with van der Waals surface area (Å²) in [6, 6.07) is 5.77. The fourth-order valence-electron chi connectivity index (χ4n) is 2.00. The lowest BCUT2D eigenvalue weighted by Gasteiger charge is -2.22. The van der Waals surface area contributed by atoms with Gasteiger partial charge in [0.1, 0.15) is 6.67 Å². The van der Waals surface area contributed by atoms with Crippen LogP contribution in [0, 0.1) is 0 Å². The van der Waals surface area contributed by atoms with Crippen molar-refractivity contribution in [2.45, 2.75) is 25.3 Å². The lowest BCUT2D eigenvalue weighted by molar-refractivity contribution is -0.132. The van der Waals surface area contributed by atoms with Gasteiger partial charge in [0.2, 0.25) is 12.3 Å². The fourth-order valence-corrected chi connectivity index (χ4v) is 2.00. The maximum Gasteiger partial charge on any atom is 0.315 e. The van der Waals surface area contributed by atoms with E-state index in [1.807, 2.05) is 5.32 Å². The quantitative estimate of drug-likeness (QED) is 0.890. The molecule has 0 saturated heterocycles.